The zero-order valence-electron chi connectivity index (χ0n) is 13.5. The van der Waals surface area contributed by atoms with Gasteiger partial charge in [-0.1, -0.05) is 5.16 Å². The maximum absolute atomic E-state index is 5.84. The Hall–Kier alpha value is -2.45. The summed E-state index contributed by atoms with van der Waals surface area (Å²) in [5.41, 5.74) is 1.97. The minimum Gasteiger partial charge on any atom is -0.472 e. The number of aromatic nitrogens is 4. The standard InChI is InChI=1S/C16H19N5O3/c1-12-6-17-21(7-12)9-14-8-20(3-5-23-14)10-15-18-16(19-24-15)13-2-4-22-11-13/h2,4,6-7,11,14H,3,5,8-10H2,1H3/t14-/m0/s1. The van der Waals surface area contributed by atoms with E-state index in [1.807, 2.05) is 30.1 Å². The van der Waals surface area contributed by atoms with Crippen LogP contribution < -0.4 is 0 Å². The molecule has 3 aromatic rings. The van der Waals surface area contributed by atoms with Crippen LogP contribution in [-0.4, -0.2) is 50.6 Å². The lowest BCUT2D eigenvalue weighted by molar-refractivity contribution is -0.0426. The Morgan fingerprint density at radius 1 is 1.38 bits per heavy atom. The molecule has 3 aromatic heterocycles. The van der Waals surface area contributed by atoms with Gasteiger partial charge < -0.3 is 13.7 Å². The summed E-state index contributed by atoms with van der Waals surface area (Å²) < 4.78 is 18.2. The van der Waals surface area contributed by atoms with Crippen molar-refractivity contribution in [2.24, 2.45) is 0 Å². The van der Waals surface area contributed by atoms with E-state index in [1.54, 1.807) is 12.5 Å². The second-order valence-electron chi connectivity index (χ2n) is 5.99. The molecule has 0 bridgehead atoms. The van der Waals surface area contributed by atoms with Crippen LogP contribution in [0, 0.1) is 6.92 Å². The minimum atomic E-state index is 0.106. The quantitative estimate of drug-likeness (QED) is 0.705. The van der Waals surface area contributed by atoms with E-state index in [4.69, 9.17) is 13.7 Å². The van der Waals surface area contributed by atoms with Crippen molar-refractivity contribution in [3.8, 4) is 11.4 Å². The summed E-state index contributed by atoms with van der Waals surface area (Å²) in [7, 11) is 0. The van der Waals surface area contributed by atoms with Crippen molar-refractivity contribution in [3.63, 3.8) is 0 Å². The van der Waals surface area contributed by atoms with Gasteiger partial charge in [-0.25, -0.2) is 0 Å². The lowest BCUT2D eigenvalue weighted by Crippen LogP contribution is -2.43. The number of furan rings is 1. The third kappa shape index (κ3) is 3.39. The molecule has 1 fully saturated rings. The van der Waals surface area contributed by atoms with Gasteiger partial charge in [-0.2, -0.15) is 10.1 Å². The molecule has 8 nitrogen and oxygen atoms in total. The van der Waals surface area contributed by atoms with Crippen LogP contribution in [0.5, 0.6) is 0 Å². The van der Waals surface area contributed by atoms with E-state index in [1.165, 1.54) is 0 Å². The van der Waals surface area contributed by atoms with Gasteiger partial charge in [0.1, 0.15) is 6.26 Å². The van der Waals surface area contributed by atoms with Crippen molar-refractivity contribution in [3.05, 3.63) is 42.4 Å². The molecule has 1 atom stereocenters. The van der Waals surface area contributed by atoms with Gasteiger partial charge in [0.2, 0.25) is 11.7 Å². The molecule has 4 heterocycles. The van der Waals surface area contributed by atoms with Crippen molar-refractivity contribution >= 4 is 0 Å². The molecule has 0 unspecified atom stereocenters. The fourth-order valence-corrected chi connectivity index (χ4v) is 2.83. The van der Waals surface area contributed by atoms with Crippen LogP contribution in [-0.2, 0) is 17.8 Å². The molecule has 0 radical (unpaired) electrons. The van der Waals surface area contributed by atoms with Crippen LogP contribution >= 0.6 is 0 Å². The Morgan fingerprint density at radius 2 is 2.33 bits per heavy atom. The highest BCUT2D eigenvalue weighted by Crippen LogP contribution is 2.17. The van der Waals surface area contributed by atoms with Crippen LogP contribution in [0.1, 0.15) is 11.5 Å². The first-order chi connectivity index (χ1) is 11.8. The highest BCUT2D eigenvalue weighted by molar-refractivity contribution is 5.51. The van der Waals surface area contributed by atoms with Crippen molar-refractivity contribution in [2.75, 3.05) is 19.7 Å². The van der Waals surface area contributed by atoms with Crippen LogP contribution in [0.3, 0.4) is 0 Å². The summed E-state index contributed by atoms with van der Waals surface area (Å²) in [6.07, 6.45) is 7.18. The van der Waals surface area contributed by atoms with Gasteiger partial charge in [0.25, 0.3) is 0 Å². The third-order valence-corrected chi connectivity index (χ3v) is 3.98. The molecule has 0 aliphatic carbocycles. The third-order valence-electron chi connectivity index (χ3n) is 3.98. The number of rotatable bonds is 5. The number of hydrogen-bond donors (Lipinski definition) is 0. The fourth-order valence-electron chi connectivity index (χ4n) is 2.83. The first-order valence-electron chi connectivity index (χ1n) is 7.94. The predicted molar refractivity (Wildman–Crippen MR) is 84.0 cm³/mol. The van der Waals surface area contributed by atoms with Crippen LogP contribution in [0.4, 0.5) is 0 Å². The number of nitrogens with zero attached hydrogens (tertiary/aromatic N) is 5. The Morgan fingerprint density at radius 3 is 3.12 bits per heavy atom. The van der Waals surface area contributed by atoms with Gasteiger partial charge in [-0.15, -0.1) is 0 Å². The number of aryl methyl sites for hydroxylation is 1. The van der Waals surface area contributed by atoms with Gasteiger partial charge in [0.15, 0.2) is 0 Å². The summed E-state index contributed by atoms with van der Waals surface area (Å²) >= 11 is 0. The van der Waals surface area contributed by atoms with Crippen molar-refractivity contribution in [2.45, 2.75) is 26.1 Å². The van der Waals surface area contributed by atoms with E-state index in [0.29, 0.717) is 24.9 Å². The molecule has 0 amide bonds. The smallest absolute Gasteiger partial charge is 0.241 e. The lowest BCUT2D eigenvalue weighted by atomic mass is 10.2. The highest BCUT2D eigenvalue weighted by Gasteiger charge is 2.23. The van der Waals surface area contributed by atoms with Crippen LogP contribution in [0.2, 0.25) is 0 Å². The van der Waals surface area contributed by atoms with E-state index in [2.05, 4.69) is 20.1 Å². The zero-order valence-corrected chi connectivity index (χ0v) is 13.5. The molecule has 0 spiro atoms. The number of hydrogen-bond acceptors (Lipinski definition) is 7. The fraction of sp³-hybridized carbons (Fsp3) is 0.438. The van der Waals surface area contributed by atoms with Crippen molar-refractivity contribution in [1.29, 1.82) is 0 Å². The molecular weight excluding hydrogens is 310 g/mol. The summed E-state index contributed by atoms with van der Waals surface area (Å²) in [4.78, 5) is 6.68. The van der Waals surface area contributed by atoms with Crippen LogP contribution in [0.25, 0.3) is 11.4 Å². The zero-order chi connectivity index (χ0) is 16.4. The molecule has 1 aliphatic rings. The summed E-state index contributed by atoms with van der Waals surface area (Å²) in [5.74, 6) is 1.15. The summed E-state index contributed by atoms with van der Waals surface area (Å²) in [5, 5.41) is 8.31. The topological polar surface area (TPSA) is 82.4 Å². The monoisotopic (exact) mass is 329 g/mol. The average Bonchev–Trinajstić information content (AvgIpc) is 3.29. The molecule has 0 aromatic carbocycles. The van der Waals surface area contributed by atoms with Gasteiger partial charge in [-0.3, -0.25) is 9.58 Å². The molecule has 0 saturated carbocycles. The normalized spacial score (nSPS) is 19.0. The number of ether oxygens (including phenoxy) is 1. The maximum atomic E-state index is 5.84. The largest absolute Gasteiger partial charge is 0.472 e. The van der Waals surface area contributed by atoms with Gasteiger partial charge in [0.05, 0.1) is 43.8 Å². The van der Waals surface area contributed by atoms with Gasteiger partial charge in [0, 0.05) is 19.3 Å². The minimum absolute atomic E-state index is 0.106. The maximum Gasteiger partial charge on any atom is 0.241 e. The first kappa shape index (κ1) is 15.1. The van der Waals surface area contributed by atoms with Crippen LogP contribution in [0.15, 0.2) is 39.9 Å². The number of morpholine rings is 1. The molecule has 126 valence electrons. The Kier molecular flexibility index (Phi) is 4.14. The Bertz CT molecular complexity index is 779. The van der Waals surface area contributed by atoms with E-state index in [9.17, 15) is 0 Å². The molecule has 4 rings (SSSR count). The molecule has 24 heavy (non-hydrogen) atoms. The Labute approximate surface area is 139 Å². The van der Waals surface area contributed by atoms with Crippen molar-refractivity contribution < 1.29 is 13.7 Å². The molecule has 8 heteroatoms. The molecule has 1 aliphatic heterocycles. The highest BCUT2D eigenvalue weighted by atomic mass is 16.5. The van der Waals surface area contributed by atoms with E-state index < -0.39 is 0 Å². The Balaban J connectivity index is 1.36. The van der Waals surface area contributed by atoms with E-state index >= 15 is 0 Å². The molecule has 1 saturated heterocycles. The average molecular weight is 329 g/mol. The lowest BCUT2D eigenvalue weighted by Gasteiger charge is -2.31. The van der Waals surface area contributed by atoms with Gasteiger partial charge in [-0.05, 0) is 18.6 Å². The predicted octanol–water partition coefficient (Wildman–Crippen LogP) is 1.74. The molecular formula is C16H19N5O3. The first-order valence-corrected chi connectivity index (χ1v) is 7.94. The van der Waals surface area contributed by atoms with Gasteiger partial charge >= 0.3 is 0 Å². The van der Waals surface area contributed by atoms with E-state index in [0.717, 1.165) is 30.8 Å². The summed E-state index contributed by atoms with van der Waals surface area (Å²) in [6, 6.07) is 1.81. The van der Waals surface area contributed by atoms with Crippen molar-refractivity contribution in [1.82, 2.24) is 24.8 Å². The summed E-state index contributed by atoms with van der Waals surface area (Å²) in [6.45, 7) is 5.73. The SMILES string of the molecule is Cc1cnn(C[C@@H]2CN(Cc3nc(-c4ccoc4)no3)CCO2)c1. The second-order valence-corrected chi connectivity index (χ2v) is 5.99. The molecule has 0 N–H and O–H groups in total. The van der Waals surface area contributed by atoms with E-state index in [-0.39, 0.29) is 6.10 Å². The second kappa shape index (κ2) is 6.58.